The average Bonchev–Trinajstić information content (AvgIpc) is 3.08. The van der Waals surface area contributed by atoms with E-state index < -0.39 is 28.5 Å². The average molecular weight is 415 g/mol. The van der Waals surface area contributed by atoms with Gasteiger partial charge in [-0.1, -0.05) is 11.6 Å². The van der Waals surface area contributed by atoms with Gasteiger partial charge < -0.3 is 10.1 Å². The molecule has 2 rings (SSSR count). The fourth-order valence-corrected chi connectivity index (χ4v) is 3.41. The maximum Gasteiger partial charge on any atom is 0.338 e. The van der Waals surface area contributed by atoms with E-state index in [1.165, 1.54) is 19.2 Å². The Morgan fingerprint density at radius 3 is 2.63 bits per heavy atom. The zero-order chi connectivity index (χ0) is 20.2. The first kappa shape index (κ1) is 20.9. The Morgan fingerprint density at radius 2 is 2.00 bits per heavy atom. The van der Waals surface area contributed by atoms with E-state index in [0.717, 1.165) is 6.07 Å². The molecule has 0 aliphatic carbocycles. The fourth-order valence-electron chi connectivity index (χ4n) is 2.16. The van der Waals surface area contributed by atoms with Crippen molar-refractivity contribution in [1.29, 1.82) is 0 Å². The number of halogens is 1. The summed E-state index contributed by atoms with van der Waals surface area (Å²) in [6.45, 7) is 3.26. The minimum Gasteiger partial charge on any atom is -0.452 e. The number of rotatable bonds is 7. The van der Waals surface area contributed by atoms with E-state index in [9.17, 15) is 18.0 Å². The van der Waals surface area contributed by atoms with Crippen LogP contribution in [0.5, 0.6) is 0 Å². The van der Waals surface area contributed by atoms with Gasteiger partial charge in [-0.05, 0) is 39.1 Å². The van der Waals surface area contributed by atoms with E-state index in [0.29, 0.717) is 5.82 Å². The van der Waals surface area contributed by atoms with Gasteiger partial charge in [0.1, 0.15) is 10.7 Å². The Hall–Kier alpha value is -2.43. The molecule has 1 aromatic heterocycles. The second-order valence-electron chi connectivity index (χ2n) is 5.73. The highest BCUT2D eigenvalue weighted by Gasteiger charge is 2.20. The summed E-state index contributed by atoms with van der Waals surface area (Å²) >= 11 is 5.87. The third-order valence-electron chi connectivity index (χ3n) is 3.49. The zero-order valence-electron chi connectivity index (χ0n) is 14.9. The van der Waals surface area contributed by atoms with Crippen LogP contribution in [-0.4, -0.2) is 43.7 Å². The molecule has 0 spiro atoms. The first-order valence-electron chi connectivity index (χ1n) is 7.89. The van der Waals surface area contributed by atoms with E-state index in [2.05, 4.69) is 15.1 Å². The highest BCUT2D eigenvalue weighted by atomic mass is 35.5. The van der Waals surface area contributed by atoms with Crippen LogP contribution in [0.1, 0.15) is 30.2 Å². The summed E-state index contributed by atoms with van der Waals surface area (Å²) in [5.74, 6) is -0.936. The van der Waals surface area contributed by atoms with E-state index in [1.807, 2.05) is 13.8 Å². The van der Waals surface area contributed by atoms with Gasteiger partial charge in [-0.3, -0.25) is 4.79 Å². The summed E-state index contributed by atoms with van der Waals surface area (Å²) in [7, 11) is -2.62. The molecule has 0 fully saturated rings. The highest BCUT2D eigenvalue weighted by Crippen LogP contribution is 2.22. The molecule has 2 aromatic rings. The van der Waals surface area contributed by atoms with E-state index in [1.54, 1.807) is 16.9 Å². The first-order chi connectivity index (χ1) is 12.7. The van der Waals surface area contributed by atoms with E-state index in [4.69, 9.17) is 16.3 Å². The van der Waals surface area contributed by atoms with Crippen molar-refractivity contribution in [2.24, 2.45) is 0 Å². The van der Waals surface area contributed by atoms with E-state index in [-0.39, 0.29) is 21.5 Å². The fraction of sp³-hybridized carbons (Fsp3) is 0.312. The van der Waals surface area contributed by atoms with Crippen LogP contribution in [-0.2, 0) is 19.6 Å². The quantitative estimate of drug-likeness (QED) is 0.667. The predicted octanol–water partition coefficient (Wildman–Crippen LogP) is 1.82. The number of carbonyl (C=O) groups is 2. The number of amides is 1. The van der Waals surface area contributed by atoms with Crippen LogP contribution in [0.2, 0.25) is 5.02 Å². The number of anilines is 1. The van der Waals surface area contributed by atoms with Crippen molar-refractivity contribution in [2.75, 3.05) is 19.0 Å². The van der Waals surface area contributed by atoms with Crippen molar-refractivity contribution in [3.8, 4) is 0 Å². The van der Waals surface area contributed by atoms with Crippen LogP contribution in [0.25, 0.3) is 0 Å². The number of benzene rings is 1. The third kappa shape index (κ3) is 5.06. The van der Waals surface area contributed by atoms with Gasteiger partial charge in [-0.25, -0.2) is 22.6 Å². The van der Waals surface area contributed by atoms with Crippen LogP contribution in [0.4, 0.5) is 5.82 Å². The molecule has 0 saturated heterocycles. The molecule has 27 heavy (non-hydrogen) atoms. The molecule has 1 aromatic carbocycles. The minimum absolute atomic E-state index is 0.0411. The number of hydrogen-bond donors (Lipinski definition) is 2. The summed E-state index contributed by atoms with van der Waals surface area (Å²) in [6.07, 6.45) is 1.54. The Bertz CT molecular complexity index is 955. The summed E-state index contributed by atoms with van der Waals surface area (Å²) in [5, 5.41) is 6.63. The number of sulfonamides is 1. The second-order valence-corrected chi connectivity index (χ2v) is 7.99. The van der Waals surface area contributed by atoms with Crippen LogP contribution >= 0.6 is 11.6 Å². The molecule has 1 amide bonds. The molecule has 0 aliphatic rings. The SMILES string of the molecule is CNS(=O)(=O)c1cc(C(=O)OCC(=O)Nc2ccnn2C(C)C)ccc1Cl. The Kier molecular flexibility index (Phi) is 6.58. The smallest absolute Gasteiger partial charge is 0.338 e. The lowest BCUT2D eigenvalue weighted by Crippen LogP contribution is -2.23. The lowest BCUT2D eigenvalue weighted by atomic mass is 10.2. The van der Waals surface area contributed by atoms with Gasteiger partial charge in [0.05, 0.1) is 16.8 Å². The molecule has 146 valence electrons. The van der Waals surface area contributed by atoms with Crippen molar-refractivity contribution < 1.29 is 22.7 Å². The van der Waals surface area contributed by atoms with Gasteiger partial charge in [-0.15, -0.1) is 0 Å². The predicted molar refractivity (Wildman–Crippen MR) is 99.2 cm³/mol. The van der Waals surface area contributed by atoms with E-state index >= 15 is 0 Å². The first-order valence-corrected chi connectivity index (χ1v) is 9.75. The molecule has 0 atom stereocenters. The molecule has 0 saturated carbocycles. The molecule has 0 bridgehead atoms. The third-order valence-corrected chi connectivity index (χ3v) is 5.38. The number of aromatic nitrogens is 2. The van der Waals surface area contributed by atoms with Crippen molar-refractivity contribution in [1.82, 2.24) is 14.5 Å². The summed E-state index contributed by atoms with van der Waals surface area (Å²) in [5.41, 5.74) is -0.0479. The lowest BCUT2D eigenvalue weighted by molar-refractivity contribution is -0.119. The number of esters is 1. The molecule has 0 radical (unpaired) electrons. The van der Waals surface area contributed by atoms with Crippen LogP contribution in [0, 0.1) is 0 Å². The Labute approximate surface area is 161 Å². The molecular formula is C16H19ClN4O5S. The molecule has 2 N–H and O–H groups in total. The molecule has 9 nitrogen and oxygen atoms in total. The minimum atomic E-state index is -3.84. The summed E-state index contributed by atoms with van der Waals surface area (Å²) < 4.78 is 32.5. The number of nitrogens with zero attached hydrogens (tertiary/aromatic N) is 2. The molecule has 11 heteroatoms. The molecule has 1 heterocycles. The highest BCUT2D eigenvalue weighted by molar-refractivity contribution is 7.89. The number of nitrogens with one attached hydrogen (secondary N) is 2. The number of ether oxygens (including phenoxy) is 1. The second kappa shape index (κ2) is 8.51. The van der Waals surface area contributed by atoms with Crippen LogP contribution < -0.4 is 10.0 Å². The lowest BCUT2D eigenvalue weighted by Gasteiger charge is -2.12. The van der Waals surface area contributed by atoms with Crippen molar-refractivity contribution >= 4 is 39.3 Å². The van der Waals surface area contributed by atoms with Gasteiger partial charge in [0.15, 0.2) is 6.61 Å². The maximum absolute atomic E-state index is 12.1. The zero-order valence-corrected chi connectivity index (χ0v) is 16.5. The van der Waals surface area contributed by atoms with Crippen LogP contribution in [0.15, 0.2) is 35.4 Å². The Balaban J connectivity index is 2.04. The monoisotopic (exact) mass is 414 g/mol. The topological polar surface area (TPSA) is 119 Å². The van der Waals surface area contributed by atoms with Gasteiger partial charge in [0.25, 0.3) is 5.91 Å². The van der Waals surface area contributed by atoms with Gasteiger partial charge >= 0.3 is 5.97 Å². The van der Waals surface area contributed by atoms with Crippen LogP contribution in [0.3, 0.4) is 0 Å². The normalized spacial score (nSPS) is 11.4. The largest absolute Gasteiger partial charge is 0.452 e. The number of carbonyl (C=O) groups excluding carboxylic acids is 2. The summed E-state index contributed by atoms with van der Waals surface area (Å²) in [6, 6.07) is 5.32. The molecule has 0 aliphatic heterocycles. The molecular weight excluding hydrogens is 396 g/mol. The summed E-state index contributed by atoms with van der Waals surface area (Å²) in [4.78, 5) is 23.9. The van der Waals surface area contributed by atoms with Gasteiger partial charge in [0, 0.05) is 12.1 Å². The maximum atomic E-state index is 12.1. The van der Waals surface area contributed by atoms with Crippen molar-refractivity contribution in [3.05, 3.63) is 41.0 Å². The van der Waals surface area contributed by atoms with Gasteiger partial charge in [-0.2, -0.15) is 5.10 Å². The number of hydrogen-bond acceptors (Lipinski definition) is 6. The Morgan fingerprint density at radius 1 is 1.30 bits per heavy atom. The van der Waals surface area contributed by atoms with Gasteiger partial charge in [0.2, 0.25) is 10.0 Å². The van der Waals surface area contributed by atoms with Crippen molar-refractivity contribution in [3.63, 3.8) is 0 Å². The molecule has 0 unspecified atom stereocenters. The standard InChI is InChI=1S/C16H19ClN4O5S/c1-10(2)21-14(6-7-19-21)20-15(22)9-26-16(23)11-4-5-12(17)13(8-11)27(24,25)18-3/h4-8,10,18H,9H2,1-3H3,(H,20,22). The van der Waals surface area contributed by atoms with Crippen molar-refractivity contribution in [2.45, 2.75) is 24.8 Å².